The number of nitrogens with zero attached hydrogens (tertiary/aromatic N) is 2. The lowest BCUT2D eigenvalue weighted by atomic mass is 10.1. The summed E-state index contributed by atoms with van der Waals surface area (Å²) in [5, 5.41) is 4.15. The minimum atomic E-state index is 0.869. The Morgan fingerprint density at radius 1 is 1.33 bits per heavy atom. The number of benzene rings is 1. The van der Waals surface area contributed by atoms with Gasteiger partial charge in [0.2, 0.25) is 0 Å². The summed E-state index contributed by atoms with van der Waals surface area (Å²) >= 11 is 6.15. The van der Waals surface area contributed by atoms with Crippen molar-refractivity contribution in [3.05, 3.63) is 34.3 Å². The highest BCUT2D eigenvalue weighted by Gasteiger charge is 2.24. The van der Waals surface area contributed by atoms with Crippen molar-refractivity contribution in [2.75, 3.05) is 13.1 Å². The fourth-order valence-electron chi connectivity index (χ4n) is 2.13. The van der Waals surface area contributed by atoms with Crippen molar-refractivity contribution < 1.29 is 0 Å². The van der Waals surface area contributed by atoms with Crippen molar-refractivity contribution in [2.24, 2.45) is 4.99 Å². The zero-order valence-electron chi connectivity index (χ0n) is 8.33. The van der Waals surface area contributed by atoms with Gasteiger partial charge in [-0.25, -0.2) is 0 Å². The maximum absolute atomic E-state index is 6.15. The van der Waals surface area contributed by atoms with Gasteiger partial charge >= 0.3 is 0 Å². The molecule has 0 aromatic heterocycles. The van der Waals surface area contributed by atoms with E-state index < -0.39 is 0 Å². The number of aliphatic imine (C=N–C) groups is 1. The highest BCUT2D eigenvalue weighted by atomic mass is 35.5. The van der Waals surface area contributed by atoms with Crippen LogP contribution in [0.3, 0.4) is 0 Å². The van der Waals surface area contributed by atoms with E-state index in [1.165, 1.54) is 11.1 Å². The predicted octanol–water partition coefficient (Wildman–Crippen LogP) is 1.61. The SMILES string of the molecule is Clc1cccc2c1CN(C1=NCCN1)C2. The third-order valence-electron chi connectivity index (χ3n) is 2.88. The lowest BCUT2D eigenvalue weighted by molar-refractivity contribution is 0.435. The Labute approximate surface area is 93.8 Å². The van der Waals surface area contributed by atoms with Crippen molar-refractivity contribution in [3.63, 3.8) is 0 Å². The van der Waals surface area contributed by atoms with Crippen LogP contribution in [-0.4, -0.2) is 23.9 Å². The summed E-state index contributed by atoms with van der Waals surface area (Å²) in [5.74, 6) is 1.02. The average Bonchev–Trinajstić information content (AvgIpc) is 2.86. The molecule has 0 aliphatic carbocycles. The molecule has 0 saturated heterocycles. The molecule has 0 saturated carbocycles. The first kappa shape index (κ1) is 9.04. The van der Waals surface area contributed by atoms with Crippen molar-refractivity contribution in [1.82, 2.24) is 10.2 Å². The Morgan fingerprint density at radius 3 is 3.00 bits per heavy atom. The molecule has 1 aromatic carbocycles. The van der Waals surface area contributed by atoms with Gasteiger partial charge in [0.1, 0.15) is 0 Å². The number of hydrogen-bond acceptors (Lipinski definition) is 3. The van der Waals surface area contributed by atoms with Crippen LogP contribution in [0.1, 0.15) is 11.1 Å². The van der Waals surface area contributed by atoms with E-state index in [-0.39, 0.29) is 0 Å². The molecule has 3 nitrogen and oxygen atoms in total. The van der Waals surface area contributed by atoms with E-state index >= 15 is 0 Å². The third kappa shape index (κ3) is 1.47. The number of hydrogen-bond donors (Lipinski definition) is 1. The van der Waals surface area contributed by atoms with Crippen LogP contribution in [-0.2, 0) is 13.1 Å². The first-order chi connectivity index (χ1) is 7.34. The third-order valence-corrected chi connectivity index (χ3v) is 3.24. The normalized spacial score (nSPS) is 18.7. The van der Waals surface area contributed by atoms with Crippen LogP contribution in [0.4, 0.5) is 0 Å². The highest BCUT2D eigenvalue weighted by Crippen LogP contribution is 2.29. The van der Waals surface area contributed by atoms with Gasteiger partial charge in [-0.3, -0.25) is 4.99 Å². The standard InChI is InChI=1S/C11H12ClN3/c12-10-3-1-2-8-6-15(7-9(8)10)11-13-4-5-14-11/h1-3H,4-7H2,(H,13,14). The second kappa shape index (κ2) is 3.42. The van der Waals surface area contributed by atoms with Gasteiger partial charge in [-0.2, -0.15) is 0 Å². The quantitative estimate of drug-likeness (QED) is 0.721. The molecule has 2 aliphatic rings. The molecule has 1 aromatic rings. The number of rotatable bonds is 0. The van der Waals surface area contributed by atoms with E-state index in [0.29, 0.717) is 0 Å². The molecule has 3 rings (SSSR count). The molecule has 0 atom stereocenters. The van der Waals surface area contributed by atoms with Gasteiger partial charge in [0.15, 0.2) is 5.96 Å². The number of halogens is 1. The number of nitrogens with one attached hydrogen (secondary N) is 1. The van der Waals surface area contributed by atoms with Crippen molar-refractivity contribution >= 4 is 17.6 Å². The molecule has 4 heteroatoms. The topological polar surface area (TPSA) is 27.6 Å². The van der Waals surface area contributed by atoms with Gasteiger partial charge in [0, 0.05) is 24.7 Å². The molecule has 0 bridgehead atoms. The first-order valence-electron chi connectivity index (χ1n) is 5.14. The van der Waals surface area contributed by atoms with E-state index in [1.807, 2.05) is 12.1 Å². The maximum atomic E-state index is 6.15. The average molecular weight is 222 g/mol. The zero-order valence-corrected chi connectivity index (χ0v) is 9.09. The lowest BCUT2D eigenvalue weighted by Gasteiger charge is -2.16. The smallest absolute Gasteiger partial charge is 0.194 e. The predicted molar refractivity (Wildman–Crippen MR) is 61.0 cm³/mol. The molecule has 2 aliphatic heterocycles. The molecule has 15 heavy (non-hydrogen) atoms. The summed E-state index contributed by atoms with van der Waals surface area (Å²) in [7, 11) is 0. The lowest BCUT2D eigenvalue weighted by Crippen LogP contribution is -2.34. The van der Waals surface area contributed by atoms with E-state index in [0.717, 1.165) is 37.2 Å². The van der Waals surface area contributed by atoms with Crippen molar-refractivity contribution in [1.29, 1.82) is 0 Å². The monoisotopic (exact) mass is 221 g/mol. The summed E-state index contributed by atoms with van der Waals surface area (Å²) in [6, 6.07) is 6.10. The Morgan fingerprint density at radius 2 is 2.27 bits per heavy atom. The number of guanidine groups is 1. The van der Waals surface area contributed by atoms with E-state index in [4.69, 9.17) is 11.6 Å². The molecule has 0 radical (unpaired) electrons. The summed E-state index contributed by atoms with van der Waals surface area (Å²) in [6.45, 7) is 3.63. The second-order valence-corrected chi connectivity index (χ2v) is 4.27. The van der Waals surface area contributed by atoms with Crippen LogP contribution in [0.5, 0.6) is 0 Å². The van der Waals surface area contributed by atoms with Gasteiger partial charge < -0.3 is 10.2 Å². The Kier molecular flexibility index (Phi) is 2.06. The summed E-state index contributed by atoms with van der Waals surface area (Å²) in [4.78, 5) is 6.66. The minimum Gasteiger partial charge on any atom is -0.354 e. The molecule has 0 amide bonds. The van der Waals surface area contributed by atoms with Crippen LogP contribution in [0.2, 0.25) is 5.02 Å². The van der Waals surface area contributed by atoms with E-state index in [1.54, 1.807) is 0 Å². The van der Waals surface area contributed by atoms with Gasteiger partial charge in [-0.15, -0.1) is 0 Å². The van der Waals surface area contributed by atoms with Gasteiger partial charge in [0.25, 0.3) is 0 Å². The van der Waals surface area contributed by atoms with Gasteiger partial charge in [-0.1, -0.05) is 23.7 Å². The minimum absolute atomic E-state index is 0.869. The second-order valence-electron chi connectivity index (χ2n) is 3.87. The molecule has 0 unspecified atom stereocenters. The molecule has 1 N–H and O–H groups in total. The maximum Gasteiger partial charge on any atom is 0.194 e. The molecule has 2 heterocycles. The van der Waals surface area contributed by atoms with Crippen LogP contribution in [0, 0.1) is 0 Å². The van der Waals surface area contributed by atoms with Gasteiger partial charge in [-0.05, 0) is 17.2 Å². The fourth-order valence-corrected chi connectivity index (χ4v) is 2.38. The Bertz CT molecular complexity index is 428. The first-order valence-corrected chi connectivity index (χ1v) is 5.52. The molecule has 0 spiro atoms. The molecule has 0 fully saturated rings. The molecular formula is C11H12ClN3. The van der Waals surface area contributed by atoms with Crippen LogP contribution in [0.15, 0.2) is 23.2 Å². The largest absolute Gasteiger partial charge is 0.354 e. The van der Waals surface area contributed by atoms with Gasteiger partial charge in [0.05, 0.1) is 6.54 Å². The van der Waals surface area contributed by atoms with E-state index in [2.05, 4.69) is 21.3 Å². The highest BCUT2D eigenvalue weighted by molar-refractivity contribution is 6.31. The summed E-state index contributed by atoms with van der Waals surface area (Å²) in [5.41, 5.74) is 2.56. The summed E-state index contributed by atoms with van der Waals surface area (Å²) < 4.78 is 0. The van der Waals surface area contributed by atoms with Crippen LogP contribution >= 0.6 is 11.6 Å². The molecule has 78 valence electrons. The van der Waals surface area contributed by atoms with Crippen molar-refractivity contribution in [3.8, 4) is 0 Å². The summed E-state index contributed by atoms with van der Waals surface area (Å²) in [6.07, 6.45) is 0. The Hall–Kier alpha value is -1.22. The fraction of sp³-hybridized carbons (Fsp3) is 0.364. The zero-order chi connectivity index (χ0) is 10.3. The van der Waals surface area contributed by atoms with Crippen molar-refractivity contribution in [2.45, 2.75) is 13.1 Å². The molecular weight excluding hydrogens is 210 g/mol. The van der Waals surface area contributed by atoms with Crippen LogP contribution in [0.25, 0.3) is 0 Å². The van der Waals surface area contributed by atoms with E-state index in [9.17, 15) is 0 Å². The number of fused-ring (bicyclic) bond motifs is 1. The Balaban J connectivity index is 1.89. The van der Waals surface area contributed by atoms with Crippen LogP contribution < -0.4 is 5.32 Å².